The Morgan fingerprint density at radius 3 is 2.77 bits per heavy atom. The zero-order chi connectivity index (χ0) is 10.1. The summed E-state index contributed by atoms with van der Waals surface area (Å²) in [6.07, 6.45) is 3.08. The maximum atomic E-state index is 10.7. The van der Waals surface area contributed by atoms with Gasteiger partial charge < -0.3 is 15.2 Å². The summed E-state index contributed by atoms with van der Waals surface area (Å²) >= 11 is 0. The Kier molecular flexibility index (Phi) is 5.96. The topological polar surface area (TPSA) is 75.6 Å². The van der Waals surface area contributed by atoms with Crippen molar-refractivity contribution < 1.29 is 19.4 Å². The minimum Gasteiger partial charge on any atom is -0.478 e. The van der Waals surface area contributed by atoms with Gasteiger partial charge in [-0.05, 0) is 0 Å². The van der Waals surface area contributed by atoms with Crippen LogP contribution in [0, 0.1) is 0 Å². The van der Waals surface area contributed by atoms with Crippen molar-refractivity contribution >= 4 is 12.1 Å². The number of rotatable bonds is 5. The van der Waals surface area contributed by atoms with Crippen LogP contribution in [0.3, 0.4) is 0 Å². The summed E-state index contributed by atoms with van der Waals surface area (Å²) in [5, 5.41) is 10.5. The van der Waals surface area contributed by atoms with E-state index in [2.05, 4.69) is 16.6 Å². The molecule has 0 saturated carbocycles. The van der Waals surface area contributed by atoms with Crippen molar-refractivity contribution in [2.45, 2.75) is 0 Å². The lowest BCUT2D eigenvalue weighted by molar-refractivity contribution is -0.131. The predicted octanol–water partition coefficient (Wildman–Crippen LogP) is 0.539. The van der Waals surface area contributed by atoms with Crippen molar-refractivity contribution in [1.29, 1.82) is 0 Å². The van der Waals surface area contributed by atoms with Crippen LogP contribution in [0.15, 0.2) is 24.8 Å². The maximum absolute atomic E-state index is 10.7. The summed E-state index contributed by atoms with van der Waals surface area (Å²) in [7, 11) is 0. The standard InChI is InChI=1S/C8H11NO4/c1-2-6-13-8(12)9-5-3-4-7(10)11/h2-4H,1,5-6H2,(H,9,12)(H,10,11)/b4-3+. The molecular weight excluding hydrogens is 174 g/mol. The summed E-state index contributed by atoms with van der Waals surface area (Å²) in [6, 6.07) is 0. The van der Waals surface area contributed by atoms with Crippen molar-refractivity contribution in [3.8, 4) is 0 Å². The Morgan fingerprint density at radius 1 is 1.54 bits per heavy atom. The van der Waals surface area contributed by atoms with E-state index in [-0.39, 0.29) is 13.2 Å². The average molecular weight is 185 g/mol. The second-order valence-corrected chi connectivity index (χ2v) is 2.01. The monoisotopic (exact) mass is 185 g/mol. The van der Waals surface area contributed by atoms with E-state index in [1.54, 1.807) is 0 Å². The smallest absolute Gasteiger partial charge is 0.407 e. The highest BCUT2D eigenvalue weighted by molar-refractivity contribution is 5.79. The van der Waals surface area contributed by atoms with E-state index in [0.29, 0.717) is 0 Å². The molecule has 0 fully saturated rings. The molecule has 0 aromatic heterocycles. The van der Waals surface area contributed by atoms with Gasteiger partial charge in [0.1, 0.15) is 6.61 Å². The second kappa shape index (κ2) is 6.90. The number of carboxylic acids is 1. The van der Waals surface area contributed by atoms with Crippen molar-refractivity contribution in [1.82, 2.24) is 5.32 Å². The van der Waals surface area contributed by atoms with Crippen LogP contribution >= 0.6 is 0 Å². The zero-order valence-electron chi connectivity index (χ0n) is 7.03. The molecule has 5 heteroatoms. The van der Waals surface area contributed by atoms with Crippen molar-refractivity contribution in [3.05, 3.63) is 24.8 Å². The zero-order valence-corrected chi connectivity index (χ0v) is 7.03. The fraction of sp³-hybridized carbons (Fsp3) is 0.250. The molecule has 13 heavy (non-hydrogen) atoms. The van der Waals surface area contributed by atoms with Gasteiger partial charge in [-0.3, -0.25) is 0 Å². The van der Waals surface area contributed by atoms with Gasteiger partial charge in [0.25, 0.3) is 0 Å². The van der Waals surface area contributed by atoms with E-state index in [1.165, 1.54) is 12.2 Å². The van der Waals surface area contributed by atoms with Crippen LogP contribution in [0.2, 0.25) is 0 Å². The number of carbonyl (C=O) groups excluding carboxylic acids is 1. The lowest BCUT2D eigenvalue weighted by atomic mass is 10.5. The van der Waals surface area contributed by atoms with E-state index in [9.17, 15) is 9.59 Å². The van der Waals surface area contributed by atoms with Gasteiger partial charge in [-0.1, -0.05) is 18.7 Å². The lowest BCUT2D eigenvalue weighted by Crippen LogP contribution is -2.24. The summed E-state index contributed by atoms with van der Waals surface area (Å²) in [5.74, 6) is -1.05. The van der Waals surface area contributed by atoms with Crippen molar-refractivity contribution in [2.24, 2.45) is 0 Å². The van der Waals surface area contributed by atoms with Crippen LogP contribution in [0.1, 0.15) is 0 Å². The van der Waals surface area contributed by atoms with Gasteiger partial charge in [0.2, 0.25) is 0 Å². The Bertz CT molecular complexity index is 222. The molecule has 0 atom stereocenters. The molecule has 0 aliphatic rings. The van der Waals surface area contributed by atoms with Gasteiger partial charge in [-0.2, -0.15) is 0 Å². The first-order valence-corrected chi connectivity index (χ1v) is 3.57. The van der Waals surface area contributed by atoms with Gasteiger partial charge in [0.15, 0.2) is 0 Å². The Labute approximate surface area is 75.7 Å². The van der Waals surface area contributed by atoms with Crippen LogP contribution in [-0.4, -0.2) is 30.3 Å². The Hall–Kier alpha value is -1.78. The molecule has 0 radical (unpaired) electrons. The first-order chi connectivity index (χ1) is 6.16. The van der Waals surface area contributed by atoms with Crippen LogP contribution in [0.25, 0.3) is 0 Å². The van der Waals surface area contributed by atoms with Crippen molar-refractivity contribution in [2.75, 3.05) is 13.2 Å². The molecule has 0 aromatic rings. The predicted molar refractivity (Wildman–Crippen MR) is 46.3 cm³/mol. The molecule has 0 bridgehead atoms. The number of ether oxygens (including phenoxy) is 1. The number of hydrogen-bond donors (Lipinski definition) is 2. The van der Waals surface area contributed by atoms with E-state index in [0.717, 1.165) is 6.08 Å². The van der Waals surface area contributed by atoms with Crippen LogP contribution in [0.5, 0.6) is 0 Å². The molecule has 0 saturated heterocycles. The molecule has 0 aliphatic heterocycles. The molecule has 2 N–H and O–H groups in total. The number of alkyl carbamates (subject to hydrolysis) is 1. The van der Waals surface area contributed by atoms with E-state index < -0.39 is 12.1 Å². The molecular formula is C8H11NO4. The number of aliphatic carboxylic acids is 1. The molecule has 72 valence electrons. The van der Waals surface area contributed by atoms with Crippen molar-refractivity contribution in [3.63, 3.8) is 0 Å². The molecule has 0 unspecified atom stereocenters. The molecule has 0 heterocycles. The normalized spacial score (nSPS) is 9.54. The Morgan fingerprint density at radius 2 is 2.23 bits per heavy atom. The van der Waals surface area contributed by atoms with Crippen LogP contribution in [-0.2, 0) is 9.53 Å². The highest BCUT2D eigenvalue weighted by Crippen LogP contribution is 1.78. The number of carboxylic acid groups (broad SMARTS) is 1. The number of nitrogens with one attached hydrogen (secondary N) is 1. The number of carbonyl (C=O) groups is 2. The van der Waals surface area contributed by atoms with E-state index in [4.69, 9.17) is 5.11 Å². The fourth-order valence-corrected chi connectivity index (χ4v) is 0.488. The first-order valence-electron chi connectivity index (χ1n) is 3.57. The number of amides is 1. The molecule has 1 amide bonds. The molecule has 0 rings (SSSR count). The first kappa shape index (κ1) is 11.2. The van der Waals surface area contributed by atoms with Crippen LogP contribution < -0.4 is 5.32 Å². The third kappa shape index (κ3) is 8.12. The Balaban J connectivity index is 3.47. The SMILES string of the molecule is C=CCOC(=O)NC/C=C/C(=O)O. The highest BCUT2D eigenvalue weighted by atomic mass is 16.5. The van der Waals surface area contributed by atoms with E-state index >= 15 is 0 Å². The fourth-order valence-electron chi connectivity index (χ4n) is 0.488. The van der Waals surface area contributed by atoms with Gasteiger partial charge in [0.05, 0.1) is 0 Å². The molecule has 5 nitrogen and oxygen atoms in total. The molecule has 0 aromatic carbocycles. The maximum Gasteiger partial charge on any atom is 0.407 e. The van der Waals surface area contributed by atoms with Crippen LogP contribution in [0.4, 0.5) is 4.79 Å². The summed E-state index contributed by atoms with van der Waals surface area (Å²) in [4.78, 5) is 20.7. The van der Waals surface area contributed by atoms with E-state index in [1.807, 2.05) is 0 Å². The minimum absolute atomic E-state index is 0.127. The largest absolute Gasteiger partial charge is 0.478 e. The number of hydrogen-bond acceptors (Lipinski definition) is 3. The lowest BCUT2D eigenvalue weighted by Gasteiger charge is -2.00. The van der Waals surface area contributed by atoms with Gasteiger partial charge >= 0.3 is 12.1 Å². The molecule has 0 spiro atoms. The minimum atomic E-state index is -1.05. The quantitative estimate of drug-likeness (QED) is 0.484. The summed E-state index contributed by atoms with van der Waals surface area (Å²) in [5.41, 5.74) is 0. The third-order valence-corrected chi connectivity index (χ3v) is 0.957. The summed E-state index contributed by atoms with van der Waals surface area (Å²) < 4.78 is 4.55. The third-order valence-electron chi connectivity index (χ3n) is 0.957. The second-order valence-electron chi connectivity index (χ2n) is 2.01. The van der Waals surface area contributed by atoms with Gasteiger partial charge in [-0.15, -0.1) is 0 Å². The highest BCUT2D eigenvalue weighted by Gasteiger charge is 1.96. The average Bonchev–Trinajstić information content (AvgIpc) is 2.08. The molecule has 0 aliphatic carbocycles. The van der Waals surface area contributed by atoms with Gasteiger partial charge in [0, 0.05) is 12.6 Å². The van der Waals surface area contributed by atoms with Gasteiger partial charge in [-0.25, -0.2) is 9.59 Å². The summed E-state index contributed by atoms with van der Waals surface area (Å²) in [6.45, 7) is 3.62.